The van der Waals surface area contributed by atoms with E-state index in [0.29, 0.717) is 26.2 Å². The molecular formula is C20H26N3O3S+. The molecule has 0 amide bonds. The molecule has 7 heteroatoms. The molecule has 1 aromatic heterocycles. The number of aliphatic hydroxyl groups excluding tert-OH is 1. The summed E-state index contributed by atoms with van der Waals surface area (Å²) in [6, 6.07) is 16.6. The first kappa shape index (κ1) is 18.4. The Morgan fingerprint density at radius 1 is 1.00 bits per heavy atom. The van der Waals surface area contributed by atoms with Gasteiger partial charge in [0, 0.05) is 21.8 Å². The van der Waals surface area contributed by atoms with E-state index in [-0.39, 0.29) is 0 Å². The van der Waals surface area contributed by atoms with E-state index in [4.69, 9.17) is 0 Å². The molecule has 0 spiro atoms. The summed E-state index contributed by atoms with van der Waals surface area (Å²) in [6.45, 7) is 3.67. The molecule has 27 heavy (non-hydrogen) atoms. The van der Waals surface area contributed by atoms with E-state index >= 15 is 0 Å². The van der Waals surface area contributed by atoms with Gasteiger partial charge in [0.2, 0.25) is 10.0 Å². The van der Waals surface area contributed by atoms with Crippen molar-refractivity contribution >= 4 is 31.8 Å². The number of sulfonamides is 1. The number of hydrogen-bond donors (Lipinski definition) is 2. The van der Waals surface area contributed by atoms with Crippen LogP contribution in [0.3, 0.4) is 0 Å². The maximum atomic E-state index is 11.6. The van der Waals surface area contributed by atoms with Crippen molar-refractivity contribution in [3.05, 3.63) is 48.5 Å². The van der Waals surface area contributed by atoms with E-state index in [1.165, 1.54) is 26.2 Å². The van der Waals surface area contributed by atoms with Gasteiger partial charge in [-0.2, -0.15) is 4.31 Å². The minimum Gasteiger partial charge on any atom is -0.385 e. The summed E-state index contributed by atoms with van der Waals surface area (Å²) < 4.78 is 27.0. The number of benzene rings is 2. The Balaban J connectivity index is 1.50. The normalized spacial score (nSPS) is 18.3. The molecule has 2 heterocycles. The van der Waals surface area contributed by atoms with Gasteiger partial charge in [0.25, 0.3) is 0 Å². The molecule has 2 aromatic carbocycles. The number of rotatable bonds is 5. The number of nitrogens with zero attached hydrogens (tertiary/aromatic N) is 2. The number of aromatic nitrogens is 1. The Labute approximate surface area is 159 Å². The Morgan fingerprint density at radius 2 is 1.52 bits per heavy atom. The van der Waals surface area contributed by atoms with Gasteiger partial charge in [-0.15, -0.1) is 0 Å². The third-order valence-corrected chi connectivity index (χ3v) is 6.80. The summed E-state index contributed by atoms with van der Waals surface area (Å²) in [5, 5.41) is 13.2. The number of nitrogens with one attached hydrogen (secondary N) is 1. The van der Waals surface area contributed by atoms with E-state index in [1.807, 2.05) is 24.3 Å². The van der Waals surface area contributed by atoms with Crippen LogP contribution in [0.4, 0.5) is 0 Å². The van der Waals surface area contributed by atoms with Crippen LogP contribution in [-0.4, -0.2) is 67.5 Å². The summed E-state index contributed by atoms with van der Waals surface area (Å²) in [4.78, 5) is 1.25. The summed E-state index contributed by atoms with van der Waals surface area (Å²) >= 11 is 0. The molecule has 2 N–H and O–H groups in total. The Hall–Kier alpha value is -1.93. The van der Waals surface area contributed by atoms with Crippen LogP contribution < -0.4 is 4.90 Å². The minimum absolute atomic E-state index is 0.482. The topological polar surface area (TPSA) is 67.0 Å². The zero-order chi connectivity index (χ0) is 19.0. The van der Waals surface area contributed by atoms with E-state index in [1.54, 1.807) is 0 Å². The van der Waals surface area contributed by atoms with Crippen LogP contribution in [0.1, 0.15) is 0 Å². The smallest absolute Gasteiger partial charge is 0.211 e. The lowest BCUT2D eigenvalue weighted by atomic mass is 10.2. The van der Waals surface area contributed by atoms with Crippen molar-refractivity contribution in [1.82, 2.24) is 8.87 Å². The van der Waals surface area contributed by atoms with Gasteiger partial charge in [-0.05, 0) is 12.1 Å². The zero-order valence-corrected chi connectivity index (χ0v) is 16.3. The predicted molar refractivity (Wildman–Crippen MR) is 107 cm³/mol. The molecule has 1 atom stereocenters. The maximum Gasteiger partial charge on any atom is 0.211 e. The maximum absolute atomic E-state index is 11.6. The third-order valence-electron chi connectivity index (χ3n) is 5.50. The lowest BCUT2D eigenvalue weighted by Crippen LogP contribution is -3.15. The van der Waals surface area contributed by atoms with Gasteiger partial charge >= 0.3 is 0 Å². The number of fused-ring (bicyclic) bond motifs is 3. The molecule has 0 saturated carbocycles. The first-order valence-corrected chi connectivity index (χ1v) is 11.2. The first-order valence-electron chi connectivity index (χ1n) is 9.36. The highest BCUT2D eigenvalue weighted by atomic mass is 32.2. The van der Waals surface area contributed by atoms with E-state index in [2.05, 4.69) is 28.8 Å². The van der Waals surface area contributed by atoms with Crippen molar-refractivity contribution < 1.29 is 18.4 Å². The lowest BCUT2D eigenvalue weighted by Gasteiger charge is -2.31. The molecule has 3 aromatic rings. The third kappa shape index (κ3) is 3.73. The van der Waals surface area contributed by atoms with Crippen LogP contribution in [0.2, 0.25) is 0 Å². The van der Waals surface area contributed by atoms with E-state index in [9.17, 15) is 13.5 Å². The van der Waals surface area contributed by atoms with Crippen LogP contribution in [-0.2, 0) is 16.6 Å². The number of quaternary nitrogens is 1. The van der Waals surface area contributed by atoms with Crippen molar-refractivity contribution in [1.29, 1.82) is 0 Å². The molecule has 1 aliphatic heterocycles. The van der Waals surface area contributed by atoms with Gasteiger partial charge in [-0.25, -0.2) is 8.42 Å². The SMILES string of the molecule is CS(=O)(=O)N1CC[NH+](C[C@H](O)Cn2c3ccccc3c3ccccc32)CC1. The molecule has 4 rings (SSSR count). The van der Waals surface area contributed by atoms with Crippen LogP contribution in [0.25, 0.3) is 21.8 Å². The fourth-order valence-corrected chi connectivity index (χ4v) is 4.99. The average Bonchev–Trinajstić information content (AvgIpc) is 2.96. The van der Waals surface area contributed by atoms with E-state index in [0.717, 1.165) is 24.1 Å². The molecular weight excluding hydrogens is 362 g/mol. The molecule has 0 aliphatic carbocycles. The van der Waals surface area contributed by atoms with Crippen molar-refractivity contribution in [2.45, 2.75) is 12.6 Å². The van der Waals surface area contributed by atoms with Gasteiger partial charge < -0.3 is 14.6 Å². The van der Waals surface area contributed by atoms with E-state index < -0.39 is 16.1 Å². The second-order valence-corrected chi connectivity index (χ2v) is 9.40. The first-order chi connectivity index (χ1) is 12.9. The van der Waals surface area contributed by atoms with Crippen LogP contribution in [0.5, 0.6) is 0 Å². The van der Waals surface area contributed by atoms with Crippen molar-refractivity contribution in [3.8, 4) is 0 Å². The molecule has 0 radical (unpaired) electrons. The number of para-hydroxylation sites is 2. The molecule has 0 unspecified atom stereocenters. The van der Waals surface area contributed by atoms with Crippen molar-refractivity contribution in [2.75, 3.05) is 39.0 Å². The van der Waals surface area contributed by atoms with Gasteiger partial charge in [0.15, 0.2) is 0 Å². The number of piperazine rings is 1. The summed E-state index contributed by atoms with van der Waals surface area (Å²) in [5.41, 5.74) is 2.27. The standard InChI is InChI=1S/C20H25N3O3S/c1-27(25,26)22-12-10-21(11-13-22)14-16(24)15-23-19-8-4-2-6-17(19)18-7-3-5-9-20(18)23/h2-9,16,24H,10-15H2,1H3/p+1/t16-/m0/s1. The highest BCUT2D eigenvalue weighted by Crippen LogP contribution is 2.28. The lowest BCUT2D eigenvalue weighted by molar-refractivity contribution is -0.906. The summed E-state index contributed by atoms with van der Waals surface area (Å²) in [7, 11) is -3.11. The summed E-state index contributed by atoms with van der Waals surface area (Å²) in [6.07, 6.45) is 0.777. The van der Waals surface area contributed by atoms with Crippen molar-refractivity contribution in [2.24, 2.45) is 0 Å². The van der Waals surface area contributed by atoms with Gasteiger partial charge in [-0.1, -0.05) is 36.4 Å². The largest absolute Gasteiger partial charge is 0.385 e. The van der Waals surface area contributed by atoms with Crippen LogP contribution >= 0.6 is 0 Å². The van der Waals surface area contributed by atoms with Crippen molar-refractivity contribution in [3.63, 3.8) is 0 Å². The number of hydrogen-bond acceptors (Lipinski definition) is 3. The average molecular weight is 389 g/mol. The highest BCUT2D eigenvalue weighted by Gasteiger charge is 2.27. The van der Waals surface area contributed by atoms with Gasteiger partial charge in [-0.3, -0.25) is 0 Å². The monoisotopic (exact) mass is 388 g/mol. The Kier molecular flexibility index (Phi) is 4.94. The predicted octanol–water partition coefficient (Wildman–Crippen LogP) is 0.316. The Bertz CT molecular complexity index is 999. The quantitative estimate of drug-likeness (QED) is 0.661. The van der Waals surface area contributed by atoms with Gasteiger partial charge in [0.1, 0.15) is 12.6 Å². The zero-order valence-electron chi connectivity index (χ0n) is 15.5. The summed E-state index contributed by atoms with van der Waals surface area (Å²) in [5.74, 6) is 0. The Morgan fingerprint density at radius 3 is 2.04 bits per heavy atom. The fraction of sp³-hybridized carbons (Fsp3) is 0.400. The second kappa shape index (κ2) is 7.24. The molecule has 0 bridgehead atoms. The molecule has 6 nitrogen and oxygen atoms in total. The molecule has 1 aliphatic rings. The van der Waals surface area contributed by atoms with Crippen LogP contribution in [0.15, 0.2) is 48.5 Å². The highest BCUT2D eigenvalue weighted by molar-refractivity contribution is 7.88. The molecule has 1 fully saturated rings. The molecule has 144 valence electrons. The second-order valence-electron chi connectivity index (χ2n) is 7.41. The van der Waals surface area contributed by atoms with Gasteiger partial charge in [0.05, 0.1) is 39.0 Å². The molecule has 1 saturated heterocycles. The van der Waals surface area contributed by atoms with Crippen LogP contribution in [0, 0.1) is 0 Å². The fourth-order valence-electron chi connectivity index (χ4n) is 4.15. The number of aliphatic hydroxyl groups is 1. The minimum atomic E-state index is -3.11.